The van der Waals surface area contributed by atoms with Gasteiger partial charge in [0, 0.05) is 13.1 Å². The molecule has 0 radical (unpaired) electrons. The maximum Gasteiger partial charge on any atom is 0.449 e. The summed E-state index contributed by atoms with van der Waals surface area (Å²) in [5.41, 5.74) is 1.63. The summed E-state index contributed by atoms with van der Waals surface area (Å²) < 4.78 is 42.1. The van der Waals surface area contributed by atoms with E-state index in [0.717, 1.165) is 12.1 Å². The Labute approximate surface area is 162 Å². The summed E-state index contributed by atoms with van der Waals surface area (Å²) in [6, 6.07) is 5.13. The zero-order valence-corrected chi connectivity index (χ0v) is 16.4. The van der Waals surface area contributed by atoms with Crippen LogP contribution in [0.1, 0.15) is 50.7 Å². The minimum Gasteiger partial charge on any atom is -0.369 e. The monoisotopic (exact) mass is 393 g/mol. The van der Waals surface area contributed by atoms with Crippen molar-refractivity contribution in [2.45, 2.75) is 52.4 Å². The highest BCUT2D eigenvalue weighted by molar-refractivity contribution is 6.29. The summed E-state index contributed by atoms with van der Waals surface area (Å²) >= 11 is 0. The summed E-state index contributed by atoms with van der Waals surface area (Å²) in [7, 11) is 0. The molecule has 1 aromatic carbocycles. The van der Waals surface area contributed by atoms with E-state index in [1.165, 1.54) is 17.4 Å². The predicted octanol–water partition coefficient (Wildman–Crippen LogP) is 4.76. The van der Waals surface area contributed by atoms with Crippen molar-refractivity contribution in [1.29, 1.82) is 0 Å². The molecular formula is C20H26F3N5. The van der Waals surface area contributed by atoms with Crippen LogP contribution in [0.25, 0.3) is 11.0 Å². The standard InChI is InChI=1S/C20H26F3N5/c1-4-18(26-12-17(24-5-2)25-11-14-7-8-14)28-16-9-6-13(3)10-15(16)27-19(28)20(21,22)23/h6,9-10,12,14,18H,4-5,7-8,11H2,1-3H3,(H,24,25)/b26-12-. The van der Waals surface area contributed by atoms with E-state index in [1.807, 2.05) is 20.8 Å². The zero-order valence-electron chi connectivity index (χ0n) is 16.4. The van der Waals surface area contributed by atoms with Crippen LogP contribution < -0.4 is 5.32 Å². The van der Waals surface area contributed by atoms with Crippen LogP contribution >= 0.6 is 0 Å². The molecule has 2 aromatic rings. The third-order valence-corrected chi connectivity index (χ3v) is 4.71. The lowest BCUT2D eigenvalue weighted by atomic mass is 10.2. The van der Waals surface area contributed by atoms with Gasteiger partial charge in [-0.2, -0.15) is 13.2 Å². The van der Waals surface area contributed by atoms with Gasteiger partial charge in [-0.25, -0.2) is 4.98 Å². The number of nitrogens with one attached hydrogen (secondary N) is 1. The Morgan fingerprint density at radius 2 is 2.11 bits per heavy atom. The minimum absolute atomic E-state index is 0.329. The van der Waals surface area contributed by atoms with Gasteiger partial charge in [0.25, 0.3) is 0 Å². The highest BCUT2D eigenvalue weighted by Gasteiger charge is 2.39. The number of alkyl halides is 3. The van der Waals surface area contributed by atoms with E-state index in [-0.39, 0.29) is 0 Å². The zero-order chi connectivity index (χ0) is 20.3. The Kier molecular flexibility index (Phi) is 6.05. The van der Waals surface area contributed by atoms with Crippen LogP contribution in [0.5, 0.6) is 0 Å². The van der Waals surface area contributed by atoms with Crippen LogP contribution in [0.4, 0.5) is 13.2 Å². The molecule has 1 aliphatic rings. The van der Waals surface area contributed by atoms with Crippen LogP contribution in [0, 0.1) is 12.8 Å². The van der Waals surface area contributed by atoms with Crippen molar-refractivity contribution in [3.63, 3.8) is 0 Å². The van der Waals surface area contributed by atoms with Crippen LogP contribution in [-0.2, 0) is 6.18 Å². The van der Waals surface area contributed by atoms with Crippen molar-refractivity contribution in [2.24, 2.45) is 15.9 Å². The van der Waals surface area contributed by atoms with Crippen LogP contribution in [0.2, 0.25) is 0 Å². The topological polar surface area (TPSA) is 54.6 Å². The van der Waals surface area contributed by atoms with Gasteiger partial charge in [0.05, 0.1) is 17.2 Å². The largest absolute Gasteiger partial charge is 0.449 e. The summed E-state index contributed by atoms with van der Waals surface area (Å²) in [6.07, 6.45) is -0.934. The van der Waals surface area contributed by atoms with Crippen molar-refractivity contribution in [3.8, 4) is 0 Å². The summed E-state index contributed by atoms with van der Waals surface area (Å²) in [5, 5.41) is 3.13. The number of rotatable bonds is 7. The van der Waals surface area contributed by atoms with Gasteiger partial charge < -0.3 is 5.32 Å². The number of benzene rings is 1. The van der Waals surface area contributed by atoms with Gasteiger partial charge in [0.15, 0.2) is 0 Å². The molecule has 5 nitrogen and oxygen atoms in total. The van der Waals surface area contributed by atoms with Gasteiger partial charge in [0.2, 0.25) is 5.82 Å². The maximum absolute atomic E-state index is 13.6. The molecule has 8 heteroatoms. The molecule has 152 valence electrons. The van der Waals surface area contributed by atoms with E-state index in [9.17, 15) is 13.2 Å². The Morgan fingerprint density at radius 3 is 2.71 bits per heavy atom. The van der Waals surface area contributed by atoms with Crippen molar-refractivity contribution in [2.75, 3.05) is 13.1 Å². The molecule has 1 atom stereocenters. The van der Waals surface area contributed by atoms with E-state index in [0.29, 0.717) is 35.8 Å². The highest BCUT2D eigenvalue weighted by Crippen LogP contribution is 2.35. The number of hydrogen-bond acceptors (Lipinski definition) is 3. The van der Waals surface area contributed by atoms with Gasteiger partial charge in [-0.3, -0.25) is 14.6 Å². The molecule has 28 heavy (non-hydrogen) atoms. The first-order chi connectivity index (χ1) is 13.3. The number of amidine groups is 1. The average Bonchev–Trinajstić information content (AvgIpc) is 3.39. The number of aliphatic imine (C=N–C) groups is 2. The first kappa shape index (κ1) is 20.4. The maximum atomic E-state index is 13.6. The molecule has 0 amide bonds. The van der Waals surface area contributed by atoms with Crippen molar-refractivity contribution in [1.82, 2.24) is 14.9 Å². The SMILES string of the molecule is CCNC(/C=N\C(CC)n1c(C(F)(F)F)nc2cc(C)ccc21)=NCC1CC1. The van der Waals surface area contributed by atoms with Crippen molar-refractivity contribution in [3.05, 3.63) is 29.6 Å². The number of aryl methyl sites for hydroxylation is 1. The fourth-order valence-electron chi connectivity index (χ4n) is 3.07. The van der Waals surface area contributed by atoms with Crippen LogP contribution in [0.3, 0.4) is 0 Å². The van der Waals surface area contributed by atoms with Gasteiger partial charge >= 0.3 is 6.18 Å². The summed E-state index contributed by atoms with van der Waals surface area (Å²) in [6.45, 7) is 7.00. The molecule has 1 aromatic heterocycles. The summed E-state index contributed by atoms with van der Waals surface area (Å²) in [4.78, 5) is 12.8. The average molecular weight is 393 g/mol. The van der Waals surface area contributed by atoms with Crippen LogP contribution in [0.15, 0.2) is 28.2 Å². The van der Waals surface area contributed by atoms with E-state index in [2.05, 4.69) is 20.3 Å². The van der Waals surface area contributed by atoms with Gasteiger partial charge in [-0.15, -0.1) is 0 Å². The lowest BCUT2D eigenvalue weighted by molar-refractivity contribution is -0.147. The number of aromatic nitrogens is 2. The highest BCUT2D eigenvalue weighted by atomic mass is 19.4. The lowest BCUT2D eigenvalue weighted by Crippen LogP contribution is -2.26. The van der Waals surface area contributed by atoms with Gasteiger partial charge in [0.1, 0.15) is 12.0 Å². The van der Waals surface area contributed by atoms with E-state index in [1.54, 1.807) is 24.4 Å². The number of nitrogens with zero attached hydrogens (tertiary/aromatic N) is 4. The van der Waals surface area contributed by atoms with E-state index < -0.39 is 18.2 Å². The van der Waals surface area contributed by atoms with Crippen LogP contribution in [-0.4, -0.2) is 34.7 Å². The first-order valence-corrected chi connectivity index (χ1v) is 9.70. The fraction of sp³-hybridized carbons (Fsp3) is 0.550. The molecule has 0 bridgehead atoms. The molecule has 3 rings (SSSR count). The third-order valence-electron chi connectivity index (χ3n) is 4.71. The second kappa shape index (κ2) is 8.32. The third kappa shape index (κ3) is 4.72. The van der Waals surface area contributed by atoms with Crippen molar-refractivity contribution >= 4 is 23.1 Å². The van der Waals surface area contributed by atoms with Gasteiger partial charge in [-0.05, 0) is 56.7 Å². The number of fused-ring (bicyclic) bond motifs is 1. The molecule has 1 aliphatic carbocycles. The molecule has 1 saturated carbocycles. The number of halogens is 3. The second-order valence-corrected chi connectivity index (χ2v) is 7.16. The molecule has 0 aliphatic heterocycles. The summed E-state index contributed by atoms with van der Waals surface area (Å²) in [5.74, 6) is 0.320. The van der Waals surface area contributed by atoms with E-state index >= 15 is 0 Å². The smallest absolute Gasteiger partial charge is 0.369 e. The molecule has 1 unspecified atom stereocenters. The molecule has 0 spiro atoms. The molecular weight excluding hydrogens is 367 g/mol. The quantitative estimate of drug-likeness (QED) is 0.545. The molecule has 0 saturated heterocycles. The minimum atomic E-state index is -4.56. The Hall–Kier alpha value is -2.38. The predicted molar refractivity (Wildman–Crippen MR) is 106 cm³/mol. The lowest BCUT2D eigenvalue weighted by Gasteiger charge is -2.18. The van der Waals surface area contributed by atoms with E-state index in [4.69, 9.17) is 0 Å². The normalized spacial score (nSPS) is 16.9. The second-order valence-electron chi connectivity index (χ2n) is 7.16. The van der Waals surface area contributed by atoms with Gasteiger partial charge in [-0.1, -0.05) is 13.0 Å². The first-order valence-electron chi connectivity index (χ1n) is 9.70. The Balaban J connectivity index is 1.98. The van der Waals surface area contributed by atoms with Crippen molar-refractivity contribution < 1.29 is 13.2 Å². The number of imidazole rings is 1. The fourth-order valence-corrected chi connectivity index (χ4v) is 3.07. The molecule has 1 N–H and O–H groups in total. The number of hydrogen-bond donors (Lipinski definition) is 1. The Bertz CT molecular complexity index is 878. The Morgan fingerprint density at radius 1 is 1.36 bits per heavy atom. The molecule has 1 heterocycles. The molecule has 1 fully saturated rings.